The molecule has 200 valence electrons. The first-order valence-corrected chi connectivity index (χ1v) is 14.5. The fraction of sp³-hybridized carbons (Fsp3) is 0.654. The number of carbonyl (C=O) groups excluding carboxylic acids is 2. The summed E-state index contributed by atoms with van der Waals surface area (Å²) < 4.78 is 17.0. The minimum Gasteiger partial charge on any atom is -0.316 e. The van der Waals surface area contributed by atoms with Crippen LogP contribution in [0.1, 0.15) is 70.4 Å². The van der Waals surface area contributed by atoms with Gasteiger partial charge in [-0.05, 0) is 75.5 Å². The Labute approximate surface area is 218 Å². The maximum Gasteiger partial charge on any atom is 0.333 e. The number of pyridine rings is 1. The topological polar surface area (TPSA) is 106 Å². The minimum atomic E-state index is -0.614. The number of aromatic nitrogens is 3. The normalized spacial score (nSPS) is 25.2. The Hall–Kier alpha value is -2.53. The molecule has 1 N–H and O–H groups in total. The highest BCUT2D eigenvalue weighted by atomic mass is 32.2. The number of thioether (sulfide) groups is 1. The molecule has 2 aromatic heterocycles. The van der Waals surface area contributed by atoms with Gasteiger partial charge in [-0.2, -0.15) is 11.8 Å². The second kappa shape index (κ2) is 11.1. The lowest BCUT2D eigenvalue weighted by atomic mass is 9.88. The van der Waals surface area contributed by atoms with Gasteiger partial charge in [0.05, 0.1) is 17.5 Å². The van der Waals surface area contributed by atoms with Gasteiger partial charge in [-0.25, -0.2) is 14.2 Å². The summed E-state index contributed by atoms with van der Waals surface area (Å²) in [5.74, 6) is 0.607. The van der Waals surface area contributed by atoms with E-state index in [0.29, 0.717) is 32.2 Å². The summed E-state index contributed by atoms with van der Waals surface area (Å²) in [7, 11) is 0. The standard InChI is InChI=1S/C26H34FN5O4S/c1-16(33)30(24(34)17-3-2-10-28-14-17)19-4-6-20(7-5-19)32-25(35)22-13-18(27)15-29-23(22)31(26(32)36)21-8-11-37-12-9-21/h13,15,17,19-21,28H,2-12,14H2,1H3. The van der Waals surface area contributed by atoms with E-state index in [4.69, 9.17) is 0 Å². The number of amides is 2. The molecule has 2 saturated heterocycles. The number of nitrogens with one attached hydrogen (secondary N) is 1. The average molecular weight is 532 g/mol. The average Bonchev–Trinajstić information content (AvgIpc) is 2.91. The number of piperidine rings is 1. The minimum absolute atomic E-state index is 0.0904. The molecule has 0 bridgehead atoms. The molecule has 0 aromatic carbocycles. The van der Waals surface area contributed by atoms with Crippen molar-refractivity contribution < 1.29 is 14.0 Å². The van der Waals surface area contributed by atoms with Crippen LogP contribution in [0.15, 0.2) is 21.9 Å². The second-order valence-corrected chi connectivity index (χ2v) is 11.7. The van der Waals surface area contributed by atoms with E-state index in [1.807, 2.05) is 11.8 Å². The smallest absolute Gasteiger partial charge is 0.316 e. The summed E-state index contributed by atoms with van der Waals surface area (Å²) in [5, 5.41) is 3.35. The summed E-state index contributed by atoms with van der Waals surface area (Å²) >= 11 is 1.83. The number of rotatable bonds is 4. The maximum absolute atomic E-state index is 14.1. The van der Waals surface area contributed by atoms with Gasteiger partial charge in [0.2, 0.25) is 11.8 Å². The van der Waals surface area contributed by atoms with Gasteiger partial charge in [-0.3, -0.25) is 28.4 Å². The third kappa shape index (κ3) is 5.12. The summed E-state index contributed by atoms with van der Waals surface area (Å²) in [6, 6.07) is 0.450. The van der Waals surface area contributed by atoms with E-state index in [1.165, 1.54) is 22.5 Å². The zero-order valence-corrected chi connectivity index (χ0v) is 22.0. The lowest BCUT2D eigenvalue weighted by Gasteiger charge is -2.38. The summed E-state index contributed by atoms with van der Waals surface area (Å²) in [4.78, 5) is 58.6. The highest BCUT2D eigenvalue weighted by molar-refractivity contribution is 7.99. The zero-order valence-electron chi connectivity index (χ0n) is 21.2. The summed E-state index contributed by atoms with van der Waals surface area (Å²) in [5.41, 5.74) is -0.679. The van der Waals surface area contributed by atoms with Gasteiger partial charge in [-0.1, -0.05) is 0 Å². The number of fused-ring (bicyclic) bond motifs is 1. The molecule has 9 nitrogen and oxygen atoms in total. The van der Waals surface area contributed by atoms with Gasteiger partial charge >= 0.3 is 5.69 Å². The lowest BCUT2D eigenvalue weighted by molar-refractivity contribution is -0.150. The highest BCUT2D eigenvalue weighted by Gasteiger charge is 2.37. The van der Waals surface area contributed by atoms with Gasteiger partial charge < -0.3 is 5.32 Å². The Morgan fingerprint density at radius 3 is 2.41 bits per heavy atom. The molecule has 4 heterocycles. The monoisotopic (exact) mass is 531 g/mol. The molecule has 1 aliphatic carbocycles. The van der Waals surface area contributed by atoms with E-state index in [0.717, 1.165) is 49.9 Å². The largest absolute Gasteiger partial charge is 0.333 e. The van der Waals surface area contributed by atoms with E-state index in [-0.39, 0.29) is 46.9 Å². The molecule has 0 radical (unpaired) electrons. The fourth-order valence-electron chi connectivity index (χ4n) is 6.23. The Bertz CT molecular complexity index is 1290. The predicted molar refractivity (Wildman–Crippen MR) is 140 cm³/mol. The van der Waals surface area contributed by atoms with Gasteiger partial charge in [0.25, 0.3) is 5.56 Å². The number of imide groups is 1. The first kappa shape index (κ1) is 26.1. The molecule has 2 aliphatic heterocycles. The van der Waals surface area contributed by atoms with Crippen molar-refractivity contribution in [3.05, 3.63) is 38.9 Å². The predicted octanol–water partition coefficient (Wildman–Crippen LogP) is 2.62. The quantitative estimate of drug-likeness (QED) is 0.647. The number of nitrogens with zero attached hydrogens (tertiary/aromatic N) is 4. The first-order valence-electron chi connectivity index (χ1n) is 13.3. The molecule has 1 saturated carbocycles. The van der Waals surface area contributed by atoms with Crippen LogP contribution < -0.4 is 16.6 Å². The van der Waals surface area contributed by atoms with Crippen LogP contribution in [0.25, 0.3) is 11.0 Å². The Balaban J connectivity index is 1.44. The van der Waals surface area contributed by atoms with Crippen LogP contribution in [0.5, 0.6) is 0 Å². The number of hydrogen-bond acceptors (Lipinski definition) is 7. The van der Waals surface area contributed by atoms with Gasteiger partial charge in [0, 0.05) is 31.6 Å². The Morgan fingerprint density at radius 1 is 1.05 bits per heavy atom. The van der Waals surface area contributed by atoms with Gasteiger partial charge in [-0.15, -0.1) is 0 Å². The van der Waals surface area contributed by atoms with Gasteiger partial charge in [0.15, 0.2) is 0 Å². The molecule has 0 spiro atoms. The third-order valence-electron chi connectivity index (χ3n) is 8.10. The lowest BCUT2D eigenvalue weighted by Crippen LogP contribution is -2.51. The van der Waals surface area contributed by atoms with Gasteiger partial charge in [0.1, 0.15) is 11.5 Å². The van der Waals surface area contributed by atoms with Crippen LogP contribution in [0.3, 0.4) is 0 Å². The second-order valence-electron chi connectivity index (χ2n) is 10.4. The molecule has 2 amide bonds. The van der Waals surface area contributed by atoms with Crippen LogP contribution in [0.4, 0.5) is 4.39 Å². The fourth-order valence-corrected chi connectivity index (χ4v) is 7.31. The van der Waals surface area contributed by atoms with E-state index < -0.39 is 17.1 Å². The van der Waals surface area contributed by atoms with Crippen molar-refractivity contribution in [1.29, 1.82) is 0 Å². The Kier molecular flexibility index (Phi) is 7.80. The molecule has 2 aromatic rings. The Morgan fingerprint density at radius 2 is 1.76 bits per heavy atom. The number of halogens is 1. The summed E-state index contributed by atoms with van der Waals surface area (Å²) in [6.45, 7) is 2.89. The number of carbonyl (C=O) groups is 2. The van der Waals surface area contributed by atoms with Crippen molar-refractivity contribution in [3.63, 3.8) is 0 Å². The first-order chi connectivity index (χ1) is 17.9. The van der Waals surface area contributed by atoms with Crippen LogP contribution >= 0.6 is 11.8 Å². The molecule has 1 atom stereocenters. The molecule has 1 unspecified atom stereocenters. The SMILES string of the molecule is CC(=O)N(C(=O)C1CCCNC1)C1CCC(n2c(=O)c3cc(F)cnc3n(C3CCSCC3)c2=O)CC1. The van der Waals surface area contributed by atoms with Crippen LogP contribution in [-0.4, -0.2) is 61.5 Å². The van der Waals surface area contributed by atoms with Crippen molar-refractivity contribution >= 4 is 34.6 Å². The molecule has 3 fully saturated rings. The molecule has 11 heteroatoms. The van der Waals surface area contributed by atoms with E-state index in [1.54, 1.807) is 4.57 Å². The van der Waals surface area contributed by atoms with Crippen molar-refractivity contribution in [2.45, 2.75) is 76.4 Å². The third-order valence-corrected chi connectivity index (χ3v) is 9.15. The summed E-state index contributed by atoms with van der Waals surface area (Å²) in [6.07, 6.45) is 6.29. The van der Waals surface area contributed by atoms with Crippen LogP contribution in [0.2, 0.25) is 0 Å². The van der Waals surface area contributed by atoms with E-state index in [9.17, 15) is 23.6 Å². The maximum atomic E-state index is 14.1. The molecular formula is C26H34FN5O4S. The van der Waals surface area contributed by atoms with Crippen LogP contribution in [-0.2, 0) is 9.59 Å². The van der Waals surface area contributed by atoms with Crippen molar-refractivity contribution in [2.24, 2.45) is 5.92 Å². The van der Waals surface area contributed by atoms with Crippen molar-refractivity contribution in [3.8, 4) is 0 Å². The van der Waals surface area contributed by atoms with Crippen molar-refractivity contribution in [2.75, 3.05) is 24.6 Å². The van der Waals surface area contributed by atoms with E-state index >= 15 is 0 Å². The zero-order chi connectivity index (χ0) is 26.1. The number of hydrogen-bond donors (Lipinski definition) is 1. The van der Waals surface area contributed by atoms with Crippen LogP contribution in [0, 0.1) is 11.7 Å². The van der Waals surface area contributed by atoms with Crippen molar-refractivity contribution in [1.82, 2.24) is 24.3 Å². The molecule has 3 aliphatic rings. The molecule has 37 heavy (non-hydrogen) atoms. The molecule has 5 rings (SSSR count). The molecular weight excluding hydrogens is 497 g/mol. The highest BCUT2D eigenvalue weighted by Crippen LogP contribution is 2.32. The van der Waals surface area contributed by atoms with E-state index in [2.05, 4.69) is 10.3 Å².